The Morgan fingerprint density at radius 3 is 2.61 bits per heavy atom. The second kappa shape index (κ2) is 8.67. The van der Waals surface area contributed by atoms with Crippen molar-refractivity contribution in [2.45, 2.75) is 38.0 Å². The van der Waals surface area contributed by atoms with E-state index in [1.165, 1.54) is 6.07 Å². The van der Waals surface area contributed by atoms with Crippen LogP contribution in [0.3, 0.4) is 0 Å². The predicted octanol–water partition coefficient (Wildman–Crippen LogP) is 3.42. The molecule has 0 aliphatic carbocycles. The summed E-state index contributed by atoms with van der Waals surface area (Å²) in [7, 11) is 0. The van der Waals surface area contributed by atoms with E-state index in [1.54, 1.807) is 12.1 Å². The standard InChI is InChI=1S/C20H21F3N4O/c21-20(22,23)15-4-1-3-14(11-15)18-12-16(25-19(13-24)26-18)5-2-8-27-9-6-17(28)7-10-27/h1,3-4,11-12,17,28H,2,5-10H2. The molecule has 1 aromatic heterocycles. The number of aliphatic hydroxyl groups is 1. The summed E-state index contributed by atoms with van der Waals surface area (Å²) < 4.78 is 38.9. The van der Waals surface area contributed by atoms with Crippen LogP contribution in [0.1, 0.15) is 36.3 Å². The van der Waals surface area contributed by atoms with Crippen molar-refractivity contribution in [3.8, 4) is 17.3 Å². The van der Waals surface area contributed by atoms with Crippen LogP contribution in [0.4, 0.5) is 13.2 Å². The third kappa shape index (κ3) is 5.27. The number of hydrogen-bond acceptors (Lipinski definition) is 5. The predicted molar refractivity (Wildman–Crippen MR) is 97.2 cm³/mol. The number of likely N-dealkylation sites (tertiary alicyclic amines) is 1. The van der Waals surface area contributed by atoms with E-state index in [9.17, 15) is 23.5 Å². The van der Waals surface area contributed by atoms with E-state index >= 15 is 0 Å². The van der Waals surface area contributed by atoms with Gasteiger partial charge in [0.2, 0.25) is 5.82 Å². The smallest absolute Gasteiger partial charge is 0.393 e. The summed E-state index contributed by atoms with van der Waals surface area (Å²) in [5.74, 6) is -0.0500. The zero-order valence-corrected chi connectivity index (χ0v) is 15.3. The Morgan fingerprint density at radius 2 is 1.93 bits per heavy atom. The molecular weight excluding hydrogens is 369 g/mol. The highest BCUT2D eigenvalue weighted by Gasteiger charge is 2.30. The van der Waals surface area contributed by atoms with Crippen LogP contribution in [0, 0.1) is 11.3 Å². The molecule has 0 unspecified atom stereocenters. The second-order valence-electron chi connectivity index (χ2n) is 6.93. The molecule has 0 amide bonds. The lowest BCUT2D eigenvalue weighted by Crippen LogP contribution is -2.36. The molecule has 8 heteroatoms. The van der Waals surface area contributed by atoms with Gasteiger partial charge < -0.3 is 10.0 Å². The van der Waals surface area contributed by atoms with Crippen LogP contribution >= 0.6 is 0 Å². The lowest BCUT2D eigenvalue weighted by atomic mass is 10.1. The number of hydrogen-bond donors (Lipinski definition) is 1. The summed E-state index contributed by atoms with van der Waals surface area (Å²) in [6.07, 6.45) is -1.71. The zero-order valence-electron chi connectivity index (χ0n) is 15.3. The topological polar surface area (TPSA) is 73.0 Å². The third-order valence-corrected chi connectivity index (χ3v) is 4.83. The summed E-state index contributed by atoms with van der Waals surface area (Å²) in [6, 6.07) is 8.45. The first-order valence-corrected chi connectivity index (χ1v) is 9.21. The molecule has 148 valence electrons. The molecule has 0 bridgehead atoms. The molecule has 1 aliphatic heterocycles. The number of alkyl halides is 3. The first-order chi connectivity index (χ1) is 13.3. The molecule has 1 fully saturated rings. The van der Waals surface area contributed by atoms with E-state index in [0.29, 0.717) is 23.4 Å². The van der Waals surface area contributed by atoms with Gasteiger partial charge in [-0.3, -0.25) is 0 Å². The molecule has 0 spiro atoms. The van der Waals surface area contributed by atoms with Gasteiger partial charge in [-0.15, -0.1) is 0 Å². The van der Waals surface area contributed by atoms with E-state index in [2.05, 4.69) is 14.9 Å². The maximum absolute atomic E-state index is 13.0. The van der Waals surface area contributed by atoms with Crippen LogP contribution in [0.25, 0.3) is 11.3 Å². The molecule has 0 radical (unpaired) electrons. The summed E-state index contributed by atoms with van der Waals surface area (Å²) in [5, 5.41) is 18.7. The molecule has 1 aliphatic rings. The number of nitriles is 1. The molecule has 1 saturated heterocycles. The van der Waals surface area contributed by atoms with Gasteiger partial charge in [0.05, 0.1) is 17.4 Å². The highest BCUT2D eigenvalue weighted by Crippen LogP contribution is 2.31. The van der Waals surface area contributed by atoms with E-state index in [-0.39, 0.29) is 11.9 Å². The minimum absolute atomic E-state index is 0.0500. The molecule has 28 heavy (non-hydrogen) atoms. The Labute approximate surface area is 161 Å². The average Bonchev–Trinajstić information content (AvgIpc) is 2.69. The fourth-order valence-corrected chi connectivity index (χ4v) is 3.31. The van der Waals surface area contributed by atoms with Crippen LogP contribution in [0.2, 0.25) is 0 Å². The Bertz CT molecular complexity index is 855. The monoisotopic (exact) mass is 390 g/mol. The van der Waals surface area contributed by atoms with Gasteiger partial charge >= 0.3 is 6.18 Å². The molecular formula is C20H21F3N4O. The van der Waals surface area contributed by atoms with Crippen molar-refractivity contribution in [2.24, 2.45) is 0 Å². The Morgan fingerprint density at radius 1 is 1.18 bits per heavy atom. The number of aromatic nitrogens is 2. The second-order valence-corrected chi connectivity index (χ2v) is 6.93. The molecule has 3 rings (SSSR count). The number of halogens is 3. The SMILES string of the molecule is N#Cc1nc(CCCN2CCC(O)CC2)cc(-c2cccc(C(F)(F)F)c2)n1. The number of nitrogens with zero attached hydrogens (tertiary/aromatic N) is 4. The Kier molecular flexibility index (Phi) is 6.27. The van der Waals surface area contributed by atoms with Gasteiger partial charge in [-0.25, -0.2) is 9.97 Å². The average molecular weight is 390 g/mol. The normalized spacial score (nSPS) is 16.1. The fraction of sp³-hybridized carbons (Fsp3) is 0.450. The third-order valence-electron chi connectivity index (χ3n) is 4.83. The summed E-state index contributed by atoms with van der Waals surface area (Å²) in [4.78, 5) is 10.5. The van der Waals surface area contributed by atoms with Crippen molar-refractivity contribution in [1.29, 1.82) is 5.26 Å². The highest BCUT2D eigenvalue weighted by molar-refractivity contribution is 5.61. The Hall–Kier alpha value is -2.50. The van der Waals surface area contributed by atoms with Gasteiger partial charge in [0, 0.05) is 24.3 Å². The molecule has 2 aromatic rings. The lowest BCUT2D eigenvalue weighted by molar-refractivity contribution is -0.137. The maximum atomic E-state index is 13.0. The van der Waals surface area contributed by atoms with Crippen LogP contribution in [-0.4, -0.2) is 45.7 Å². The van der Waals surface area contributed by atoms with Crippen LogP contribution in [0.15, 0.2) is 30.3 Å². The molecule has 5 nitrogen and oxygen atoms in total. The number of aryl methyl sites for hydroxylation is 1. The van der Waals surface area contributed by atoms with Crippen molar-refractivity contribution in [3.05, 3.63) is 47.4 Å². The molecule has 1 aromatic carbocycles. The van der Waals surface area contributed by atoms with Gasteiger partial charge in [-0.1, -0.05) is 12.1 Å². The van der Waals surface area contributed by atoms with E-state index in [0.717, 1.165) is 51.0 Å². The molecule has 0 atom stereocenters. The molecule has 2 heterocycles. The van der Waals surface area contributed by atoms with Gasteiger partial charge in [0.25, 0.3) is 0 Å². The number of aliphatic hydroxyl groups excluding tert-OH is 1. The first kappa shape index (κ1) is 20.2. The van der Waals surface area contributed by atoms with E-state index in [4.69, 9.17) is 0 Å². The van der Waals surface area contributed by atoms with Gasteiger partial charge in [0.1, 0.15) is 6.07 Å². The largest absolute Gasteiger partial charge is 0.416 e. The van der Waals surface area contributed by atoms with Crippen molar-refractivity contribution < 1.29 is 18.3 Å². The summed E-state index contributed by atoms with van der Waals surface area (Å²) in [6.45, 7) is 2.55. The van der Waals surface area contributed by atoms with Crippen molar-refractivity contribution in [3.63, 3.8) is 0 Å². The summed E-state index contributed by atoms with van der Waals surface area (Å²) >= 11 is 0. The quantitative estimate of drug-likeness (QED) is 0.847. The van der Waals surface area contributed by atoms with Crippen molar-refractivity contribution in [2.75, 3.05) is 19.6 Å². The molecule has 1 N–H and O–H groups in total. The van der Waals surface area contributed by atoms with Gasteiger partial charge in [-0.2, -0.15) is 18.4 Å². The molecule has 0 saturated carbocycles. The number of piperidine rings is 1. The van der Waals surface area contributed by atoms with Crippen LogP contribution in [0.5, 0.6) is 0 Å². The minimum atomic E-state index is -4.44. The van der Waals surface area contributed by atoms with Crippen LogP contribution < -0.4 is 0 Å². The zero-order chi connectivity index (χ0) is 20.1. The minimum Gasteiger partial charge on any atom is -0.393 e. The summed E-state index contributed by atoms with van der Waals surface area (Å²) in [5.41, 5.74) is 0.501. The highest BCUT2D eigenvalue weighted by atomic mass is 19.4. The van der Waals surface area contributed by atoms with Crippen LogP contribution in [-0.2, 0) is 12.6 Å². The lowest BCUT2D eigenvalue weighted by Gasteiger charge is -2.29. The van der Waals surface area contributed by atoms with E-state index < -0.39 is 11.7 Å². The Balaban J connectivity index is 1.73. The fourth-order valence-electron chi connectivity index (χ4n) is 3.31. The van der Waals surface area contributed by atoms with Crippen molar-refractivity contribution >= 4 is 0 Å². The first-order valence-electron chi connectivity index (χ1n) is 9.21. The maximum Gasteiger partial charge on any atom is 0.416 e. The van der Waals surface area contributed by atoms with E-state index in [1.807, 2.05) is 6.07 Å². The van der Waals surface area contributed by atoms with Crippen molar-refractivity contribution in [1.82, 2.24) is 14.9 Å². The van der Waals surface area contributed by atoms with Gasteiger partial charge in [0.15, 0.2) is 0 Å². The number of benzene rings is 1. The number of rotatable bonds is 5. The van der Waals surface area contributed by atoms with Gasteiger partial charge in [-0.05, 0) is 50.4 Å².